The van der Waals surface area contributed by atoms with Crippen molar-refractivity contribution >= 4 is 5.90 Å². The standard InChI is InChI=1S/C7H13NO/c1-5-4-9-6(8)7(5,2)3/h5,8H,4H2,1-3H3. The molecule has 0 aliphatic carbocycles. The first-order valence-electron chi connectivity index (χ1n) is 3.27. The average molecular weight is 127 g/mol. The SMILES string of the molecule is CC1COC(=N)C1(C)C. The maximum absolute atomic E-state index is 7.36. The van der Waals surface area contributed by atoms with E-state index < -0.39 is 0 Å². The van der Waals surface area contributed by atoms with Crippen molar-refractivity contribution in [2.45, 2.75) is 20.8 Å². The first-order chi connectivity index (χ1) is 4.05. The molecule has 0 spiro atoms. The van der Waals surface area contributed by atoms with E-state index in [1.54, 1.807) is 0 Å². The quantitative estimate of drug-likeness (QED) is 0.527. The largest absolute Gasteiger partial charge is 0.480 e. The summed E-state index contributed by atoms with van der Waals surface area (Å²) in [7, 11) is 0. The monoisotopic (exact) mass is 127 g/mol. The zero-order chi connectivity index (χ0) is 7.07. The minimum Gasteiger partial charge on any atom is -0.480 e. The Morgan fingerprint density at radius 2 is 2.22 bits per heavy atom. The molecular weight excluding hydrogens is 114 g/mol. The lowest BCUT2D eigenvalue weighted by molar-refractivity contribution is 0.290. The zero-order valence-electron chi connectivity index (χ0n) is 6.19. The Labute approximate surface area is 55.7 Å². The Morgan fingerprint density at radius 3 is 2.33 bits per heavy atom. The van der Waals surface area contributed by atoms with Gasteiger partial charge in [0, 0.05) is 11.3 Å². The van der Waals surface area contributed by atoms with Gasteiger partial charge in [0.25, 0.3) is 0 Å². The molecule has 9 heavy (non-hydrogen) atoms. The van der Waals surface area contributed by atoms with Gasteiger partial charge in [0.05, 0.1) is 6.61 Å². The molecule has 2 heteroatoms. The van der Waals surface area contributed by atoms with Crippen LogP contribution in [0.15, 0.2) is 0 Å². The van der Waals surface area contributed by atoms with Crippen LogP contribution in [0.4, 0.5) is 0 Å². The molecule has 0 aromatic heterocycles. The van der Waals surface area contributed by atoms with Crippen molar-refractivity contribution in [2.75, 3.05) is 6.61 Å². The molecule has 0 radical (unpaired) electrons. The van der Waals surface area contributed by atoms with E-state index in [1.807, 2.05) is 13.8 Å². The molecule has 1 N–H and O–H groups in total. The van der Waals surface area contributed by atoms with Crippen molar-refractivity contribution < 1.29 is 4.74 Å². The summed E-state index contributed by atoms with van der Waals surface area (Å²) < 4.78 is 5.06. The normalized spacial score (nSPS) is 32.3. The summed E-state index contributed by atoms with van der Waals surface area (Å²) in [4.78, 5) is 0. The summed E-state index contributed by atoms with van der Waals surface area (Å²) in [5.41, 5.74) is -0.0278. The maximum Gasteiger partial charge on any atom is 0.186 e. The van der Waals surface area contributed by atoms with Crippen LogP contribution in [0.25, 0.3) is 0 Å². The third-order valence-corrected chi connectivity index (χ3v) is 2.29. The van der Waals surface area contributed by atoms with Gasteiger partial charge in [-0.15, -0.1) is 0 Å². The van der Waals surface area contributed by atoms with Crippen LogP contribution in [-0.2, 0) is 4.74 Å². The summed E-state index contributed by atoms with van der Waals surface area (Å²) >= 11 is 0. The van der Waals surface area contributed by atoms with Crippen LogP contribution in [0, 0.1) is 16.7 Å². The van der Waals surface area contributed by atoms with E-state index in [0.29, 0.717) is 18.4 Å². The van der Waals surface area contributed by atoms with E-state index in [9.17, 15) is 0 Å². The van der Waals surface area contributed by atoms with E-state index in [2.05, 4.69) is 6.92 Å². The zero-order valence-corrected chi connectivity index (χ0v) is 6.19. The molecule has 2 nitrogen and oxygen atoms in total. The molecule has 1 saturated heterocycles. The van der Waals surface area contributed by atoms with Crippen molar-refractivity contribution in [1.29, 1.82) is 5.41 Å². The summed E-state index contributed by atoms with van der Waals surface area (Å²) in [6.07, 6.45) is 0. The minimum absolute atomic E-state index is 0.0278. The number of ether oxygens (including phenoxy) is 1. The van der Waals surface area contributed by atoms with Gasteiger partial charge in [-0.2, -0.15) is 0 Å². The fourth-order valence-corrected chi connectivity index (χ4v) is 0.826. The molecule has 0 saturated carbocycles. The van der Waals surface area contributed by atoms with Crippen LogP contribution in [-0.4, -0.2) is 12.5 Å². The number of nitrogens with one attached hydrogen (secondary N) is 1. The molecular formula is C7H13NO. The van der Waals surface area contributed by atoms with Crippen molar-refractivity contribution in [3.63, 3.8) is 0 Å². The topological polar surface area (TPSA) is 33.1 Å². The Morgan fingerprint density at radius 1 is 1.67 bits per heavy atom. The fourth-order valence-electron chi connectivity index (χ4n) is 0.826. The van der Waals surface area contributed by atoms with Crippen LogP contribution in [0.2, 0.25) is 0 Å². The predicted molar refractivity (Wildman–Crippen MR) is 36.6 cm³/mol. The number of rotatable bonds is 0. The van der Waals surface area contributed by atoms with E-state index in [0.717, 1.165) is 0 Å². The Hall–Kier alpha value is -0.530. The summed E-state index contributed by atoms with van der Waals surface area (Å²) in [5.74, 6) is 0.931. The van der Waals surface area contributed by atoms with E-state index in [1.165, 1.54) is 0 Å². The lowest BCUT2D eigenvalue weighted by Crippen LogP contribution is -2.23. The molecule has 1 aliphatic heterocycles. The summed E-state index contributed by atoms with van der Waals surface area (Å²) in [6, 6.07) is 0. The van der Waals surface area contributed by atoms with E-state index in [4.69, 9.17) is 10.1 Å². The molecule has 1 atom stereocenters. The second-order valence-electron chi connectivity index (χ2n) is 3.26. The van der Waals surface area contributed by atoms with Crippen LogP contribution in [0.3, 0.4) is 0 Å². The third kappa shape index (κ3) is 0.824. The lowest BCUT2D eigenvalue weighted by atomic mass is 9.83. The molecule has 0 bridgehead atoms. The average Bonchev–Trinajstić information content (AvgIpc) is 1.96. The maximum atomic E-state index is 7.36. The fraction of sp³-hybridized carbons (Fsp3) is 0.857. The first-order valence-corrected chi connectivity index (χ1v) is 3.27. The van der Waals surface area contributed by atoms with E-state index >= 15 is 0 Å². The van der Waals surface area contributed by atoms with Gasteiger partial charge >= 0.3 is 0 Å². The van der Waals surface area contributed by atoms with Crippen LogP contribution < -0.4 is 0 Å². The van der Waals surface area contributed by atoms with Crippen molar-refractivity contribution in [3.8, 4) is 0 Å². The van der Waals surface area contributed by atoms with Crippen LogP contribution in [0.1, 0.15) is 20.8 Å². The molecule has 1 unspecified atom stereocenters. The summed E-state index contributed by atoms with van der Waals surface area (Å²) in [6.45, 7) is 6.92. The lowest BCUT2D eigenvalue weighted by Gasteiger charge is -2.18. The van der Waals surface area contributed by atoms with Gasteiger partial charge in [0.15, 0.2) is 5.90 Å². The van der Waals surface area contributed by atoms with Gasteiger partial charge in [0.1, 0.15) is 0 Å². The molecule has 1 heterocycles. The van der Waals surface area contributed by atoms with E-state index in [-0.39, 0.29) is 5.41 Å². The van der Waals surface area contributed by atoms with Gasteiger partial charge in [0.2, 0.25) is 0 Å². The van der Waals surface area contributed by atoms with Gasteiger partial charge in [-0.05, 0) is 0 Å². The van der Waals surface area contributed by atoms with Crippen molar-refractivity contribution in [1.82, 2.24) is 0 Å². The van der Waals surface area contributed by atoms with Gasteiger partial charge in [-0.3, -0.25) is 5.41 Å². The molecule has 1 aliphatic rings. The smallest absolute Gasteiger partial charge is 0.186 e. The highest BCUT2D eigenvalue weighted by Crippen LogP contribution is 2.33. The molecule has 1 fully saturated rings. The highest BCUT2D eigenvalue weighted by atomic mass is 16.5. The first kappa shape index (κ1) is 6.59. The van der Waals surface area contributed by atoms with Crippen molar-refractivity contribution in [2.24, 2.45) is 11.3 Å². The molecule has 52 valence electrons. The Balaban J connectivity index is 2.78. The molecule has 0 aromatic rings. The number of hydrogen-bond donors (Lipinski definition) is 1. The molecule has 0 amide bonds. The van der Waals surface area contributed by atoms with Gasteiger partial charge in [-0.1, -0.05) is 20.8 Å². The Kier molecular flexibility index (Phi) is 1.26. The van der Waals surface area contributed by atoms with Gasteiger partial charge < -0.3 is 4.74 Å². The molecule has 1 rings (SSSR count). The predicted octanol–water partition coefficient (Wildman–Crippen LogP) is 1.66. The van der Waals surface area contributed by atoms with Crippen LogP contribution >= 0.6 is 0 Å². The highest BCUT2D eigenvalue weighted by molar-refractivity contribution is 5.80. The number of hydrogen-bond acceptors (Lipinski definition) is 2. The second-order valence-corrected chi connectivity index (χ2v) is 3.26. The second kappa shape index (κ2) is 1.72. The summed E-state index contributed by atoms with van der Waals surface area (Å²) in [5, 5.41) is 7.36. The highest BCUT2D eigenvalue weighted by Gasteiger charge is 2.38. The minimum atomic E-state index is -0.0278. The molecule has 0 aromatic carbocycles. The van der Waals surface area contributed by atoms with Gasteiger partial charge in [-0.25, -0.2) is 0 Å². The van der Waals surface area contributed by atoms with Crippen molar-refractivity contribution in [3.05, 3.63) is 0 Å². The Bertz CT molecular complexity index is 140. The van der Waals surface area contributed by atoms with Crippen LogP contribution in [0.5, 0.6) is 0 Å². The third-order valence-electron chi connectivity index (χ3n) is 2.29.